The molecular formula is C14H25NO. The lowest BCUT2D eigenvalue weighted by molar-refractivity contribution is -0.0625. The van der Waals surface area contributed by atoms with Crippen LogP contribution < -0.4 is 5.73 Å². The van der Waals surface area contributed by atoms with Gasteiger partial charge in [-0.2, -0.15) is 0 Å². The van der Waals surface area contributed by atoms with Gasteiger partial charge in [-0.1, -0.05) is 0 Å². The zero-order chi connectivity index (χ0) is 11.2. The van der Waals surface area contributed by atoms with Gasteiger partial charge >= 0.3 is 0 Å². The highest BCUT2D eigenvalue weighted by Crippen LogP contribution is 2.61. The molecule has 1 atom stereocenters. The Labute approximate surface area is 98.6 Å². The summed E-state index contributed by atoms with van der Waals surface area (Å²) >= 11 is 0. The predicted molar refractivity (Wildman–Crippen MR) is 64.9 cm³/mol. The second-order valence-corrected chi connectivity index (χ2v) is 6.85. The second-order valence-electron chi connectivity index (χ2n) is 6.85. The number of aliphatic hydroxyl groups is 1. The van der Waals surface area contributed by atoms with Crippen molar-refractivity contribution in [2.75, 3.05) is 6.54 Å². The van der Waals surface area contributed by atoms with Crippen molar-refractivity contribution in [2.45, 2.75) is 57.5 Å². The van der Waals surface area contributed by atoms with Gasteiger partial charge in [0.15, 0.2) is 0 Å². The fourth-order valence-electron chi connectivity index (χ4n) is 5.19. The van der Waals surface area contributed by atoms with Crippen molar-refractivity contribution in [1.82, 2.24) is 0 Å². The number of aliphatic hydroxyl groups excluding tert-OH is 1. The first-order chi connectivity index (χ1) is 7.69. The van der Waals surface area contributed by atoms with E-state index in [1.165, 1.54) is 44.9 Å². The van der Waals surface area contributed by atoms with Crippen LogP contribution in [0.15, 0.2) is 0 Å². The minimum atomic E-state index is -0.256. The molecule has 1 unspecified atom stereocenters. The molecule has 2 nitrogen and oxygen atoms in total. The molecule has 4 aliphatic carbocycles. The van der Waals surface area contributed by atoms with Gasteiger partial charge in [0.25, 0.3) is 0 Å². The molecule has 0 aliphatic heterocycles. The standard InChI is InChI=1S/C14H25NO/c15-9-13(16)1-2-14-6-10-3-11(7-14)5-12(4-10)8-14/h10-13,16H,1-9,15H2. The quantitative estimate of drug-likeness (QED) is 0.768. The van der Waals surface area contributed by atoms with Crippen LogP contribution in [0.5, 0.6) is 0 Å². The number of hydrogen-bond donors (Lipinski definition) is 2. The molecule has 4 rings (SSSR count). The number of hydrogen-bond acceptors (Lipinski definition) is 2. The summed E-state index contributed by atoms with van der Waals surface area (Å²) in [4.78, 5) is 0. The van der Waals surface area contributed by atoms with E-state index in [4.69, 9.17) is 5.73 Å². The van der Waals surface area contributed by atoms with E-state index in [2.05, 4.69) is 0 Å². The van der Waals surface area contributed by atoms with Crippen LogP contribution in [0.2, 0.25) is 0 Å². The molecule has 0 heterocycles. The maximum atomic E-state index is 9.63. The zero-order valence-electron chi connectivity index (χ0n) is 10.2. The van der Waals surface area contributed by atoms with Gasteiger partial charge in [-0.25, -0.2) is 0 Å². The molecule has 0 aromatic heterocycles. The monoisotopic (exact) mass is 223 g/mol. The van der Waals surface area contributed by atoms with Crippen molar-refractivity contribution in [3.8, 4) is 0 Å². The van der Waals surface area contributed by atoms with Crippen LogP contribution in [-0.4, -0.2) is 17.8 Å². The van der Waals surface area contributed by atoms with Gasteiger partial charge < -0.3 is 10.8 Å². The van der Waals surface area contributed by atoms with E-state index >= 15 is 0 Å². The molecule has 0 aromatic carbocycles. The summed E-state index contributed by atoms with van der Waals surface area (Å²) in [5, 5.41) is 9.63. The van der Waals surface area contributed by atoms with E-state index in [1.54, 1.807) is 0 Å². The minimum Gasteiger partial charge on any atom is -0.392 e. The van der Waals surface area contributed by atoms with Crippen molar-refractivity contribution in [3.63, 3.8) is 0 Å². The SMILES string of the molecule is NCC(O)CCC12CC3CC(CC(C3)C1)C2. The third kappa shape index (κ3) is 1.91. The van der Waals surface area contributed by atoms with Crippen LogP contribution in [0.25, 0.3) is 0 Å². The lowest BCUT2D eigenvalue weighted by atomic mass is 9.48. The fourth-order valence-corrected chi connectivity index (χ4v) is 5.19. The van der Waals surface area contributed by atoms with E-state index in [-0.39, 0.29) is 6.10 Å². The summed E-state index contributed by atoms with van der Waals surface area (Å²) in [6.45, 7) is 0.437. The summed E-state index contributed by atoms with van der Waals surface area (Å²) in [5.74, 6) is 3.09. The van der Waals surface area contributed by atoms with E-state index in [0.29, 0.717) is 12.0 Å². The van der Waals surface area contributed by atoms with Gasteiger partial charge in [0.1, 0.15) is 0 Å². The topological polar surface area (TPSA) is 46.2 Å². The van der Waals surface area contributed by atoms with Crippen molar-refractivity contribution in [2.24, 2.45) is 28.9 Å². The first-order valence-corrected chi connectivity index (χ1v) is 7.07. The largest absolute Gasteiger partial charge is 0.392 e. The van der Waals surface area contributed by atoms with Gasteiger partial charge in [-0.05, 0) is 74.5 Å². The maximum Gasteiger partial charge on any atom is 0.0662 e. The molecule has 16 heavy (non-hydrogen) atoms. The summed E-state index contributed by atoms with van der Waals surface area (Å²) in [7, 11) is 0. The lowest BCUT2D eigenvalue weighted by Gasteiger charge is -2.57. The summed E-state index contributed by atoms with van der Waals surface area (Å²) in [6.07, 6.45) is 10.8. The molecule has 0 radical (unpaired) electrons. The molecule has 4 bridgehead atoms. The Morgan fingerprint density at radius 2 is 1.56 bits per heavy atom. The van der Waals surface area contributed by atoms with Crippen LogP contribution in [0, 0.1) is 23.2 Å². The fraction of sp³-hybridized carbons (Fsp3) is 1.00. The van der Waals surface area contributed by atoms with Crippen LogP contribution >= 0.6 is 0 Å². The smallest absolute Gasteiger partial charge is 0.0662 e. The molecule has 0 aromatic rings. The highest BCUT2D eigenvalue weighted by atomic mass is 16.3. The molecule has 0 spiro atoms. The summed E-state index contributed by atoms with van der Waals surface area (Å²) < 4.78 is 0. The third-order valence-corrected chi connectivity index (χ3v) is 5.45. The lowest BCUT2D eigenvalue weighted by Crippen LogP contribution is -2.46. The summed E-state index contributed by atoms with van der Waals surface area (Å²) in [5.41, 5.74) is 6.12. The van der Waals surface area contributed by atoms with Crippen LogP contribution in [0.4, 0.5) is 0 Å². The highest BCUT2D eigenvalue weighted by Gasteiger charge is 2.50. The van der Waals surface area contributed by atoms with Crippen LogP contribution in [-0.2, 0) is 0 Å². The Morgan fingerprint density at radius 3 is 2.00 bits per heavy atom. The third-order valence-electron chi connectivity index (χ3n) is 5.45. The molecule has 4 fully saturated rings. The van der Waals surface area contributed by atoms with Crippen LogP contribution in [0.3, 0.4) is 0 Å². The molecule has 0 saturated heterocycles. The van der Waals surface area contributed by atoms with E-state index in [0.717, 1.165) is 24.2 Å². The predicted octanol–water partition coefficient (Wildman–Crippen LogP) is 2.30. The van der Waals surface area contributed by atoms with Crippen molar-refractivity contribution < 1.29 is 5.11 Å². The average molecular weight is 223 g/mol. The Bertz CT molecular complexity index is 228. The molecular weight excluding hydrogens is 198 g/mol. The molecule has 3 N–H and O–H groups in total. The highest BCUT2D eigenvalue weighted by molar-refractivity contribution is 5.01. The number of nitrogens with two attached hydrogens (primary N) is 1. The Hall–Kier alpha value is -0.0800. The van der Waals surface area contributed by atoms with Gasteiger partial charge in [0.2, 0.25) is 0 Å². The van der Waals surface area contributed by atoms with E-state index in [9.17, 15) is 5.11 Å². The first kappa shape index (κ1) is 11.0. The van der Waals surface area contributed by atoms with Crippen molar-refractivity contribution in [1.29, 1.82) is 0 Å². The van der Waals surface area contributed by atoms with Crippen molar-refractivity contribution in [3.05, 3.63) is 0 Å². The minimum absolute atomic E-state index is 0.256. The molecule has 0 amide bonds. The average Bonchev–Trinajstić information content (AvgIpc) is 2.24. The molecule has 4 aliphatic rings. The normalized spacial score (nSPS) is 47.2. The van der Waals surface area contributed by atoms with Gasteiger partial charge in [0.05, 0.1) is 6.10 Å². The molecule has 4 saturated carbocycles. The second kappa shape index (κ2) is 3.99. The van der Waals surface area contributed by atoms with Crippen LogP contribution in [0.1, 0.15) is 51.4 Å². The zero-order valence-corrected chi connectivity index (χ0v) is 10.2. The molecule has 92 valence electrons. The summed E-state index contributed by atoms with van der Waals surface area (Å²) in [6, 6.07) is 0. The van der Waals surface area contributed by atoms with Crippen molar-refractivity contribution >= 4 is 0 Å². The van der Waals surface area contributed by atoms with E-state index < -0.39 is 0 Å². The Kier molecular flexibility index (Phi) is 2.75. The first-order valence-electron chi connectivity index (χ1n) is 7.07. The van der Waals surface area contributed by atoms with E-state index in [1.807, 2.05) is 0 Å². The number of rotatable bonds is 4. The molecule has 2 heteroatoms. The van der Waals surface area contributed by atoms with Gasteiger partial charge in [-0.15, -0.1) is 0 Å². The van der Waals surface area contributed by atoms with Gasteiger partial charge in [-0.3, -0.25) is 0 Å². The Balaban J connectivity index is 1.64. The maximum absolute atomic E-state index is 9.63. The van der Waals surface area contributed by atoms with Gasteiger partial charge in [0, 0.05) is 6.54 Å². The Morgan fingerprint density at radius 1 is 1.06 bits per heavy atom.